The van der Waals surface area contributed by atoms with Gasteiger partial charge in [-0.3, -0.25) is 0 Å². The molecule has 0 saturated carbocycles. The summed E-state index contributed by atoms with van der Waals surface area (Å²) in [5.74, 6) is 0.932. The number of hydrogen-bond donors (Lipinski definition) is 1. The zero-order chi connectivity index (χ0) is 25.9. The smallest absolute Gasteiger partial charge is 0.338 e. The van der Waals surface area contributed by atoms with Crippen LogP contribution in [0.15, 0.2) is 84.3 Å². The molecule has 1 atom stereocenters. The predicted octanol–water partition coefficient (Wildman–Crippen LogP) is 5.81. The number of aromatic nitrogens is 3. The molecular formula is C30H30N4O3. The van der Waals surface area contributed by atoms with Gasteiger partial charge in [0.1, 0.15) is 31.3 Å². The number of allylic oxidation sites excluding steroid dienone is 1. The number of hydrogen-bond acceptors (Lipinski definition) is 6. The lowest BCUT2D eigenvalue weighted by atomic mass is 9.95. The van der Waals surface area contributed by atoms with Crippen LogP contribution in [0.4, 0.5) is 5.95 Å². The van der Waals surface area contributed by atoms with Crippen molar-refractivity contribution in [2.24, 2.45) is 0 Å². The quantitative estimate of drug-likeness (QED) is 0.327. The number of ether oxygens (including phenoxy) is 2. The molecule has 3 aromatic carbocycles. The van der Waals surface area contributed by atoms with Gasteiger partial charge in [0, 0.05) is 5.70 Å². The standard InChI is InChI=1S/C30H30N4O3/c1-19-14-21(3)25(15-20(19)2)17-36-26-12-10-24(11-13-26)28-27(22(4)33-30-31-18-32-34(28)30)29(35)37-16-23-8-6-5-7-9-23/h5-15,18,28H,16-17H2,1-4H3,(H,31,32,33). The zero-order valence-electron chi connectivity index (χ0n) is 21.5. The minimum atomic E-state index is -0.474. The molecule has 1 unspecified atom stereocenters. The van der Waals surface area contributed by atoms with Crippen molar-refractivity contribution in [1.29, 1.82) is 0 Å². The first-order chi connectivity index (χ1) is 17.9. The van der Waals surface area contributed by atoms with Crippen LogP contribution >= 0.6 is 0 Å². The average Bonchev–Trinajstić information content (AvgIpc) is 3.37. The van der Waals surface area contributed by atoms with Crippen molar-refractivity contribution in [2.75, 3.05) is 5.32 Å². The molecule has 1 N–H and O–H groups in total. The molecule has 0 aliphatic carbocycles. The summed E-state index contributed by atoms with van der Waals surface area (Å²) < 4.78 is 13.5. The number of nitrogens with one attached hydrogen (secondary N) is 1. The summed E-state index contributed by atoms with van der Waals surface area (Å²) in [7, 11) is 0. The number of benzene rings is 3. The molecule has 1 aromatic heterocycles. The number of anilines is 1. The van der Waals surface area contributed by atoms with Crippen molar-refractivity contribution in [3.63, 3.8) is 0 Å². The van der Waals surface area contributed by atoms with E-state index in [0.29, 0.717) is 23.8 Å². The fourth-order valence-electron chi connectivity index (χ4n) is 4.55. The summed E-state index contributed by atoms with van der Waals surface area (Å²) in [5.41, 5.74) is 7.91. The van der Waals surface area contributed by atoms with Gasteiger partial charge in [0.05, 0.1) is 5.57 Å². The normalized spacial score (nSPS) is 14.6. The first-order valence-corrected chi connectivity index (χ1v) is 12.3. The van der Waals surface area contributed by atoms with Crippen LogP contribution in [0.1, 0.15) is 46.3 Å². The third-order valence-electron chi connectivity index (χ3n) is 6.77. The summed E-state index contributed by atoms with van der Waals surface area (Å²) in [6.45, 7) is 8.88. The highest BCUT2D eigenvalue weighted by Gasteiger charge is 2.34. The number of rotatable bonds is 7. The van der Waals surface area contributed by atoms with E-state index >= 15 is 0 Å². The molecule has 5 rings (SSSR count). The van der Waals surface area contributed by atoms with Crippen molar-refractivity contribution in [1.82, 2.24) is 14.8 Å². The van der Waals surface area contributed by atoms with Gasteiger partial charge in [-0.15, -0.1) is 0 Å². The fourth-order valence-corrected chi connectivity index (χ4v) is 4.55. The van der Waals surface area contributed by atoms with Crippen LogP contribution in [0.3, 0.4) is 0 Å². The van der Waals surface area contributed by atoms with Crippen LogP contribution in [0.25, 0.3) is 0 Å². The minimum absolute atomic E-state index is 0.193. The van der Waals surface area contributed by atoms with Gasteiger partial charge in [0.25, 0.3) is 0 Å². The van der Waals surface area contributed by atoms with E-state index in [4.69, 9.17) is 9.47 Å². The van der Waals surface area contributed by atoms with E-state index in [2.05, 4.69) is 48.3 Å². The Kier molecular flexibility index (Phi) is 6.77. The average molecular weight is 495 g/mol. The third-order valence-corrected chi connectivity index (χ3v) is 6.77. The van der Waals surface area contributed by atoms with Gasteiger partial charge in [0.2, 0.25) is 5.95 Å². The van der Waals surface area contributed by atoms with Gasteiger partial charge in [0.15, 0.2) is 0 Å². The van der Waals surface area contributed by atoms with Gasteiger partial charge in [-0.05, 0) is 73.2 Å². The van der Waals surface area contributed by atoms with Crippen LogP contribution in [0, 0.1) is 20.8 Å². The maximum atomic E-state index is 13.3. The summed E-state index contributed by atoms with van der Waals surface area (Å²) in [4.78, 5) is 17.6. The highest BCUT2D eigenvalue weighted by atomic mass is 16.5. The van der Waals surface area contributed by atoms with E-state index in [-0.39, 0.29) is 6.61 Å². The number of nitrogens with zero attached hydrogens (tertiary/aromatic N) is 3. The molecule has 0 saturated heterocycles. The van der Waals surface area contributed by atoms with E-state index in [1.807, 2.05) is 61.5 Å². The first kappa shape index (κ1) is 24.3. The molecular weight excluding hydrogens is 464 g/mol. The maximum Gasteiger partial charge on any atom is 0.338 e. The molecule has 37 heavy (non-hydrogen) atoms. The molecule has 7 nitrogen and oxygen atoms in total. The summed E-state index contributed by atoms with van der Waals surface area (Å²) in [6.07, 6.45) is 1.48. The van der Waals surface area contributed by atoms with Gasteiger partial charge in [-0.25, -0.2) is 9.48 Å². The molecule has 1 aliphatic rings. The molecule has 0 spiro atoms. The summed E-state index contributed by atoms with van der Waals surface area (Å²) in [5, 5.41) is 7.57. The number of fused-ring (bicyclic) bond motifs is 1. The second-order valence-corrected chi connectivity index (χ2v) is 9.38. The van der Waals surface area contributed by atoms with Gasteiger partial charge < -0.3 is 14.8 Å². The lowest BCUT2D eigenvalue weighted by Crippen LogP contribution is -2.29. The molecule has 7 heteroatoms. The van der Waals surface area contributed by atoms with Crippen molar-refractivity contribution >= 4 is 11.9 Å². The highest BCUT2D eigenvalue weighted by molar-refractivity contribution is 5.92. The first-order valence-electron chi connectivity index (χ1n) is 12.3. The number of esters is 1. The van der Waals surface area contributed by atoms with Gasteiger partial charge >= 0.3 is 5.97 Å². The molecule has 0 radical (unpaired) electrons. The lowest BCUT2D eigenvalue weighted by Gasteiger charge is -2.28. The Labute approximate surface area is 216 Å². The van der Waals surface area contributed by atoms with E-state index in [1.165, 1.54) is 28.6 Å². The van der Waals surface area contributed by atoms with E-state index in [9.17, 15) is 4.79 Å². The molecule has 1 aliphatic heterocycles. The Bertz CT molecular complexity index is 1460. The Morgan fingerprint density at radius 3 is 2.41 bits per heavy atom. The SMILES string of the molecule is CC1=C(C(=O)OCc2ccccc2)C(c2ccc(OCc3cc(C)c(C)cc3C)cc2)n2ncnc2N1. The molecule has 0 bridgehead atoms. The molecule has 0 amide bonds. The second kappa shape index (κ2) is 10.3. The number of carbonyl (C=O) groups is 1. The Morgan fingerprint density at radius 1 is 0.919 bits per heavy atom. The van der Waals surface area contributed by atoms with Crippen LogP contribution in [0.2, 0.25) is 0 Å². The zero-order valence-corrected chi connectivity index (χ0v) is 21.5. The molecule has 188 valence electrons. The molecule has 4 aromatic rings. The maximum absolute atomic E-state index is 13.3. The fraction of sp³-hybridized carbons (Fsp3) is 0.233. The van der Waals surface area contributed by atoms with Crippen LogP contribution in [0.5, 0.6) is 5.75 Å². The van der Waals surface area contributed by atoms with Gasteiger partial charge in [-0.1, -0.05) is 54.6 Å². The Balaban J connectivity index is 1.37. The lowest BCUT2D eigenvalue weighted by molar-refractivity contribution is -0.140. The Hall–Kier alpha value is -4.39. The minimum Gasteiger partial charge on any atom is -0.489 e. The number of carbonyl (C=O) groups excluding carboxylic acids is 1. The summed E-state index contributed by atoms with van der Waals surface area (Å²) in [6, 6.07) is 21.3. The highest BCUT2D eigenvalue weighted by Crippen LogP contribution is 2.36. The van der Waals surface area contributed by atoms with Crippen LogP contribution < -0.4 is 10.1 Å². The van der Waals surface area contributed by atoms with Crippen molar-refractivity contribution in [3.05, 3.63) is 118 Å². The van der Waals surface area contributed by atoms with Crippen molar-refractivity contribution < 1.29 is 14.3 Å². The van der Waals surface area contributed by atoms with Crippen LogP contribution in [-0.4, -0.2) is 20.7 Å². The van der Waals surface area contributed by atoms with E-state index in [1.54, 1.807) is 4.68 Å². The molecule has 2 heterocycles. The summed E-state index contributed by atoms with van der Waals surface area (Å²) >= 11 is 0. The largest absolute Gasteiger partial charge is 0.489 e. The molecule has 0 fully saturated rings. The van der Waals surface area contributed by atoms with Crippen molar-refractivity contribution in [3.8, 4) is 5.75 Å². The van der Waals surface area contributed by atoms with Crippen LogP contribution in [-0.2, 0) is 22.7 Å². The van der Waals surface area contributed by atoms with Gasteiger partial charge in [-0.2, -0.15) is 10.1 Å². The second-order valence-electron chi connectivity index (χ2n) is 9.38. The predicted molar refractivity (Wildman–Crippen MR) is 142 cm³/mol. The monoisotopic (exact) mass is 494 g/mol. The van der Waals surface area contributed by atoms with Crippen molar-refractivity contribution in [2.45, 2.75) is 47.0 Å². The topological polar surface area (TPSA) is 78.3 Å². The Morgan fingerprint density at radius 2 is 1.65 bits per heavy atom. The van der Waals surface area contributed by atoms with E-state index < -0.39 is 12.0 Å². The number of aryl methyl sites for hydroxylation is 3. The third kappa shape index (κ3) is 5.11. The van der Waals surface area contributed by atoms with E-state index in [0.717, 1.165) is 16.9 Å².